The normalized spacial score (nSPS) is 40.5. The third-order valence-electron chi connectivity index (χ3n) is 2.89. The molecule has 1 saturated carbocycles. The zero-order valence-corrected chi connectivity index (χ0v) is 7.31. The van der Waals surface area contributed by atoms with Gasteiger partial charge in [-0.05, 0) is 31.6 Å². The molecule has 0 N–H and O–H groups in total. The van der Waals surface area contributed by atoms with Crippen molar-refractivity contribution >= 4 is 0 Å². The molecule has 0 saturated heterocycles. The molecule has 1 heteroatoms. The van der Waals surface area contributed by atoms with E-state index in [1.807, 2.05) is 7.11 Å². The molecule has 60 valence electrons. The molecule has 0 aliphatic heterocycles. The van der Waals surface area contributed by atoms with Gasteiger partial charge in [-0.1, -0.05) is 13.8 Å². The van der Waals surface area contributed by atoms with Crippen molar-refractivity contribution in [1.82, 2.24) is 0 Å². The highest BCUT2D eigenvalue weighted by molar-refractivity contribution is 4.87. The predicted molar refractivity (Wildman–Crippen MR) is 43.0 cm³/mol. The van der Waals surface area contributed by atoms with Crippen LogP contribution in [-0.2, 0) is 4.74 Å². The Hall–Kier alpha value is -0.0400. The maximum Gasteiger partial charge on any atom is 0.0678 e. The topological polar surface area (TPSA) is 9.23 Å². The summed E-state index contributed by atoms with van der Waals surface area (Å²) in [6.45, 7) is 4.54. The summed E-state index contributed by atoms with van der Waals surface area (Å²) in [5.41, 5.74) is 0.249. The van der Waals surface area contributed by atoms with Gasteiger partial charge in [0.15, 0.2) is 0 Å². The SMILES string of the molecule is CC[C@@]1(OC)CC[C@@H](C)C1. The van der Waals surface area contributed by atoms with Gasteiger partial charge < -0.3 is 4.74 Å². The Morgan fingerprint density at radius 1 is 1.60 bits per heavy atom. The lowest BCUT2D eigenvalue weighted by atomic mass is 9.97. The molecule has 1 nitrogen and oxygen atoms in total. The standard InChI is InChI=1S/C9H18O/c1-4-9(10-3)6-5-8(2)7-9/h8H,4-7H2,1-3H3/t8-,9-/m1/s1. The van der Waals surface area contributed by atoms with Crippen LogP contribution in [0.5, 0.6) is 0 Å². The summed E-state index contributed by atoms with van der Waals surface area (Å²) < 4.78 is 5.52. The van der Waals surface area contributed by atoms with Crippen LogP contribution in [0.1, 0.15) is 39.5 Å². The summed E-state index contributed by atoms with van der Waals surface area (Å²) in [5.74, 6) is 0.875. The average Bonchev–Trinajstić information content (AvgIpc) is 2.33. The molecule has 0 aromatic rings. The molecule has 0 amide bonds. The maximum absolute atomic E-state index is 5.52. The molecule has 0 aromatic heterocycles. The molecule has 10 heavy (non-hydrogen) atoms. The first-order valence-corrected chi connectivity index (χ1v) is 4.27. The minimum absolute atomic E-state index is 0.249. The van der Waals surface area contributed by atoms with E-state index in [9.17, 15) is 0 Å². The summed E-state index contributed by atoms with van der Waals surface area (Å²) in [6.07, 6.45) is 5.05. The van der Waals surface area contributed by atoms with Crippen LogP contribution in [0.4, 0.5) is 0 Å². The van der Waals surface area contributed by atoms with Gasteiger partial charge in [0.05, 0.1) is 5.60 Å². The average molecular weight is 142 g/mol. The first-order valence-electron chi connectivity index (χ1n) is 4.27. The largest absolute Gasteiger partial charge is 0.378 e. The Kier molecular flexibility index (Phi) is 2.35. The van der Waals surface area contributed by atoms with Crippen LogP contribution in [0.2, 0.25) is 0 Å². The van der Waals surface area contributed by atoms with Crippen LogP contribution in [0.15, 0.2) is 0 Å². The quantitative estimate of drug-likeness (QED) is 0.576. The number of ether oxygens (including phenoxy) is 1. The number of hydrogen-bond acceptors (Lipinski definition) is 1. The van der Waals surface area contributed by atoms with Crippen molar-refractivity contribution in [2.45, 2.75) is 45.1 Å². The Bertz CT molecular complexity index is 105. The molecular formula is C9H18O. The lowest BCUT2D eigenvalue weighted by Gasteiger charge is -2.25. The summed E-state index contributed by atoms with van der Waals surface area (Å²) in [6, 6.07) is 0. The fourth-order valence-corrected chi connectivity index (χ4v) is 2.00. The van der Waals surface area contributed by atoms with Gasteiger partial charge in [-0.2, -0.15) is 0 Å². The van der Waals surface area contributed by atoms with Crippen molar-refractivity contribution in [3.63, 3.8) is 0 Å². The van der Waals surface area contributed by atoms with E-state index in [1.165, 1.54) is 25.7 Å². The van der Waals surface area contributed by atoms with Crippen molar-refractivity contribution in [3.05, 3.63) is 0 Å². The van der Waals surface area contributed by atoms with Crippen molar-refractivity contribution in [2.24, 2.45) is 5.92 Å². The van der Waals surface area contributed by atoms with Gasteiger partial charge in [-0.3, -0.25) is 0 Å². The van der Waals surface area contributed by atoms with Crippen LogP contribution in [0.3, 0.4) is 0 Å². The second kappa shape index (κ2) is 2.91. The zero-order chi connectivity index (χ0) is 7.61. The monoisotopic (exact) mass is 142 g/mol. The molecule has 0 spiro atoms. The Labute approximate surface area is 63.8 Å². The molecule has 1 aliphatic rings. The van der Waals surface area contributed by atoms with Crippen LogP contribution < -0.4 is 0 Å². The van der Waals surface area contributed by atoms with Gasteiger partial charge in [0.2, 0.25) is 0 Å². The van der Waals surface area contributed by atoms with Gasteiger partial charge in [0.25, 0.3) is 0 Å². The fourth-order valence-electron chi connectivity index (χ4n) is 2.00. The van der Waals surface area contributed by atoms with E-state index in [4.69, 9.17) is 4.74 Å². The van der Waals surface area contributed by atoms with Gasteiger partial charge in [0.1, 0.15) is 0 Å². The van der Waals surface area contributed by atoms with Crippen LogP contribution in [0.25, 0.3) is 0 Å². The maximum atomic E-state index is 5.52. The molecule has 1 aliphatic carbocycles. The summed E-state index contributed by atoms with van der Waals surface area (Å²) in [4.78, 5) is 0. The van der Waals surface area contributed by atoms with E-state index in [1.54, 1.807) is 0 Å². The Morgan fingerprint density at radius 3 is 2.50 bits per heavy atom. The second-order valence-corrected chi connectivity index (χ2v) is 3.59. The summed E-state index contributed by atoms with van der Waals surface area (Å²) in [7, 11) is 1.85. The molecule has 0 heterocycles. The van der Waals surface area contributed by atoms with Gasteiger partial charge in [0, 0.05) is 7.11 Å². The first-order chi connectivity index (χ1) is 4.72. The predicted octanol–water partition coefficient (Wildman–Crippen LogP) is 2.60. The molecular weight excluding hydrogens is 124 g/mol. The third kappa shape index (κ3) is 1.34. The van der Waals surface area contributed by atoms with E-state index < -0.39 is 0 Å². The van der Waals surface area contributed by atoms with E-state index in [0.717, 1.165) is 5.92 Å². The zero-order valence-electron chi connectivity index (χ0n) is 7.31. The van der Waals surface area contributed by atoms with Gasteiger partial charge in [-0.15, -0.1) is 0 Å². The Balaban J connectivity index is 2.51. The number of hydrogen-bond donors (Lipinski definition) is 0. The molecule has 0 bridgehead atoms. The van der Waals surface area contributed by atoms with Crippen molar-refractivity contribution in [1.29, 1.82) is 0 Å². The molecule has 0 unspecified atom stereocenters. The van der Waals surface area contributed by atoms with Gasteiger partial charge in [-0.25, -0.2) is 0 Å². The highest BCUT2D eigenvalue weighted by Gasteiger charge is 2.35. The number of methoxy groups -OCH3 is 1. The lowest BCUT2D eigenvalue weighted by molar-refractivity contribution is -0.00999. The molecule has 2 atom stereocenters. The van der Waals surface area contributed by atoms with Crippen molar-refractivity contribution in [2.75, 3.05) is 7.11 Å². The summed E-state index contributed by atoms with van der Waals surface area (Å²) in [5, 5.41) is 0. The molecule has 0 aromatic carbocycles. The van der Waals surface area contributed by atoms with Gasteiger partial charge >= 0.3 is 0 Å². The molecule has 0 radical (unpaired) electrons. The van der Waals surface area contributed by atoms with E-state index >= 15 is 0 Å². The second-order valence-electron chi connectivity index (χ2n) is 3.59. The molecule has 1 rings (SSSR count). The van der Waals surface area contributed by atoms with Crippen molar-refractivity contribution < 1.29 is 4.74 Å². The fraction of sp³-hybridized carbons (Fsp3) is 1.00. The minimum Gasteiger partial charge on any atom is -0.378 e. The Morgan fingerprint density at radius 2 is 2.30 bits per heavy atom. The van der Waals surface area contributed by atoms with E-state index in [-0.39, 0.29) is 5.60 Å². The molecule has 1 fully saturated rings. The van der Waals surface area contributed by atoms with E-state index in [2.05, 4.69) is 13.8 Å². The minimum atomic E-state index is 0.249. The number of rotatable bonds is 2. The van der Waals surface area contributed by atoms with Crippen LogP contribution >= 0.6 is 0 Å². The smallest absolute Gasteiger partial charge is 0.0678 e. The van der Waals surface area contributed by atoms with Crippen LogP contribution in [0, 0.1) is 5.92 Å². The lowest BCUT2D eigenvalue weighted by Crippen LogP contribution is -2.26. The highest BCUT2D eigenvalue weighted by atomic mass is 16.5. The third-order valence-corrected chi connectivity index (χ3v) is 2.89. The van der Waals surface area contributed by atoms with Crippen LogP contribution in [-0.4, -0.2) is 12.7 Å². The highest BCUT2D eigenvalue weighted by Crippen LogP contribution is 2.38. The van der Waals surface area contributed by atoms with Crippen molar-refractivity contribution in [3.8, 4) is 0 Å². The summed E-state index contributed by atoms with van der Waals surface area (Å²) >= 11 is 0. The van der Waals surface area contributed by atoms with E-state index in [0.29, 0.717) is 0 Å². The first kappa shape index (κ1) is 8.06.